The second-order valence-corrected chi connectivity index (χ2v) is 9.60. The van der Waals surface area contributed by atoms with Crippen LogP contribution in [0.2, 0.25) is 0 Å². The number of rotatable bonds is 6. The number of likely N-dealkylation sites (N-methyl/N-ethyl adjacent to an activating group) is 2. The zero-order chi connectivity index (χ0) is 28.4. The van der Waals surface area contributed by atoms with Crippen molar-refractivity contribution >= 4 is 41.2 Å². The summed E-state index contributed by atoms with van der Waals surface area (Å²) in [6.45, 7) is 2.06. The van der Waals surface area contributed by atoms with Crippen LogP contribution in [0.1, 0.15) is 22.8 Å². The fraction of sp³-hybridized carbons (Fsp3) is 0.125. The number of hydrogen-bond donors (Lipinski definition) is 0. The van der Waals surface area contributed by atoms with Gasteiger partial charge in [-0.1, -0.05) is 60.7 Å². The maximum Gasteiger partial charge on any atom is 0.338 e. The Balaban J connectivity index is 1.78. The van der Waals surface area contributed by atoms with E-state index in [9.17, 15) is 14.4 Å². The van der Waals surface area contributed by atoms with Gasteiger partial charge in [0.1, 0.15) is 5.57 Å². The molecule has 8 heteroatoms. The molecule has 0 N–H and O–H groups in total. The van der Waals surface area contributed by atoms with Gasteiger partial charge in [0.15, 0.2) is 5.11 Å². The molecule has 1 aliphatic rings. The Morgan fingerprint density at radius 2 is 1.38 bits per heavy atom. The Labute approximate surface area is 237 Å². The van der Waals surface area contributed by atoms with Crippen molar-refractivity contribution in [2.24, 2.45) is 0 Å². The first kappa shape index (κ1) is 26.8. The number of amides is 2. The Hall–Kier alpha value is -4.82. The van der Waals surface area contributed by atoms with Gasteiger partial charge in [-0.25, -0.2) is 4.79 Å². The van der Waals surface area contributed by atoms with Gasteiger partial charge in [0.25, 0.3) is 11.8 Å². The van der Waals surface area contributed by atoms with Crippen molar-refractivity contribution in [2.45, 2.75) is 6.92 Å². The van der Waals surface area contributed by atoms with Crippen LogP contribution < -0.4 is 0 Å². The molecule has 2 amide bonds. The van der Waals surface area contributed by atoms with Crippen LogP contribution in [0.5, 0.6) is 0 Å². The Bertz CT molecular complexity index is 1610. The molecule has 0 saturated carbocycles. The highest BCUT2D eigenvalue weighted by atomic mass is 32.1. The number of nitrogens with zero attached hydrogens (tertiary/aromatic N) is 3. The molecule has 1 saturated heterocycles. The van der Waals surface area contributed by atoms with E-state index in [4.69, 9.17) is 17.0 Å². The highest BCUT2D eigenvalue weighted by Gasteiger charge is 2.36. The van der Waals surface area contributed by atoms with E-state index in [1.165, 1.54) is 9.80 Å². The summed E-state index contributed by atoms with van der Waals surface area (Å²) in [6.07, 6.45) is 1.64. The number of esters is 1. The first-order valence-electron chi connectivity index (χ1n) is 12.8. The van der Waals surface area contributed by atoms with Crippen LogP contribution in [0, 0.1) is 0 Å². The quantitative estimate of drug-likeness (QED) is 0.136. The van der Waals surface area contributed by atoms with E-state index in [2.05, 4.69) is 4.57 Å². The Kier molecular flexibility index (Phi) is 7.44. The van der Waals surface area contributed by atoms with E-state index in [0.29, 0.717) is 17.7 Å². The van der Waals surface area contributed by atoms with Crippen molar-refractivity contribution in [1.29, 1.82) is 0 Å². The summed E-state index contributed by atoms with van der Waals surface area (Å²) in [7, 11) is 3.12. The highest BCUT2D eigenvalue weighted by Crippen LogP contribution is 2.37. The summed E-state index contributed by atoms with van der Waals surface area (Å²) < 4.78 is 7.23. The number of hydrogen-bond acceptors (Lipinski definition) is 5. The summed E-state index contributed by atoms with van der Waals surface area (Å²) in [5.74, 6) is -1.31. The van der Waals surface area contributed by atoms with Gasteiger partial charge in [0.2, 0.25) is 0 Å². The average molecular weight is 550 g/mol. The standard InChI is InChI=1S/C32H27N3O4S/c1-4-39-31(38)23-15-17-25(18-16-23)35-27(21-11-7-5-8-12-21)20-24(28(35)22-13-9-6-10-14-22)19-26-29(36)33(2)32(40)34(3)30(26)37/h5-20H,4H2,1-3H3. The van der Waals surface area contributed by atoms with Gasteiger partial charge < -0.3 is 9.30 Å². The second-order valence-electron chi connectivity index (χ2n) is 9.24. The SMILES string of the molecule is CCOC(=O)c1ccc(-n2c(-c3ccccc3)cc(C=C3C(=O)N(C)C(=S)N(C)C3=O)c2-c2ccccc2)cc1. The van der Waals surface area contributed by atoms with Gasteiger partial charge in [-0.15, -0.1) is 0 Å². The smallest absolute Gasteiger partial charge is 0.338 e. The van der Waals surface area contributed by atoms with E-state index >= 15 is 0 Å². The van der Waals surface area contributed by atoms with Crippen LogP contribution in [0.25, 0.3) is 34.3 Å². The third-order valence-electron chi connectivity index (χ3n) is 6.73. The van der Waals surface area contributed by atoms with Gasteiger partial charge >= 0.3 is 5.97 Å². The normalized spacial score (nSPS) is 13.6. The van der Waals surface area contributed by atoms with Crippen molar-refractivity contribution < 1.29 is 19.1 Å². The van der Waals surface area contributed by atoms with Crippen molar-refractivity contribution in [1.82, 2.24) is 14.4 Å². The van der Waals surface area contributed by atoms with Crippen molar-refractivity contribution in [2.75, 3.05) is 20.7 Å². The number of carbonyl (C=O) groups is 3. The molecule has 0 spiro atoms. The van der Waals surface area contributed by atoms with E-state index in [0.717, 1.165) is 28.2 Å². The summed E-state index contributed by atoms with van der Waals surface area (Å²) in [6, 6.07) is 28.8. The van der Waals surface area contributed by atoms with E-state index in [-0.39, 0.29) is 16.7 Å². The topological polar surface area (TPSA) is 71.8 Å². The predicted molar refractivity (Wildman–Crippen MR) is 159 cm³/mol. The molecular formula is C32H27N3O4S. The first-order valence-corrected chi connectivity index (χ1v) is 13.2. The minimum absolute atomic E-state index is 0.0187. The van der Waals surface area contributed by atoms with E-state index in [1.54, 1.807) is 39.2 Å². The van der Waals surface area contributed by atoms with Gasteiger partial charge in [0.05, 0.1) is 23.6 Å². The fourth-order valence-corrected chi connectivity index (χ4v) is 4.88. The lowest BCUT2D eigenvalue weighted by atomic mass is 10.0. The number of carbonyl (C=O) groups excluding carboxylic acids is 3. The van der Waals surface area contributed by atoms with Crippen molar-refractivity contribution in [3.63, 3.8) is 0 Å². The molecular weight excluding hydrogens is 522 g/mol. The fourth-order valence-electron chi connectivity index (χ4n) is 4.71. The zero-order valence-electron chi connectivity index (χ0n) is 22.3. The third kappa shape index (κ3) is 4.85. The third-order valence-corrected chi connectivity index (χ3v) is 7.28. The largest absolute Gasteiger partial charge is 0.462 e. The average Bonchev–Trinajstić information content (AvgIpc) is 3.37. The molecule has 3 aromatic carbocycles. The minimum atomic E-state index is -0.458. The Morgan fingerprint density at radius 1 is 0.825 bits per heavy atom. The summed E-state index contributed by atoms with van der Waals surface area (Å²) >= 11 is 5.27. The highest BCUT2D eigenvalue weighted by molar-refractivity contribution is 7.80. The van der Waals surface area contributed by atoms with Crippen LogP contribution in [0.4, 0.5) is 0 Å². The molecule has 2 heterocycles. The van der Waals surface area contributed by atoms with Gasteiger partial charge in [-0.3, -0.25) is 19.4 Å². The maximum atomic E-state index is 13.2. The van der Waals surface area contributed by atoms with Crippen LogP contribution in [0.3, 0.4) is 0 Å². The number of aromatic nitrogens is 1. The molecule has 1 fully saturated rings. The minimum Gasteiger partial charge on any atom is -0.462 e. The molecule has 0 unspecified atom stereocenters. The van der Waals surface area contributed by atoms with Crippen molar-refractivity contribution in [3.8, 4) is 28.2 Å². The molecule has 0 atom stereocenters. The van der Waals surface area contributed by atoms with Crippen LogP contribution in [0.15, 0.2) is 96.6 Å². The number of benzene rings is 3. The maximum absolute atomic E-state index is 13.2. The predicted octanol–water partition coefficient (Wildman–Crippen LogP) is 5.59. The molecule has 0 bridgehead atoms. The van der Waals surface area contributed by atoms with E-state index < -0.39 is 11.8 Å². The van der Waals surface area contributed by atoms with Gasteiger partial charge in [-0.05, 0) is 66.7 Å². The summed E-state index contributed by atoms with van der Waals surface area (Å²) in [5.41, 5.74) is 5.42. The molecule has 5 rings (SSSR count). The Morgan fingerprint density at radius 3 is 1.93 bits per heavy atom. The molecule has 1 aromatic heterocycles. The molecule has 4 aromatic rings. The zero-order valence-corrected chi connectivity index (χ0v) is 23.1. The van der Waals surface area contributed by atoms with Crippen LogP contribution >= 0.6 is 12.2 Å². The summed E-state index contributed by atoms with van der Waals surface area (Å²) in [4.78, 5) is 41.3. The second kappa shape index (κ2) is 11.1. The molecule has 200 valence electrons. The lowest BCUT2D eigenvalue weighted by Crippen LogP contribution is -2.52. The lowest BCUT2D eigenvalue weighted by molar-refractivity contribution is -0.132. The van der Waals surface area contributed by atoms with Gasteiger partial charge in [0, 0.05) is 25.3 Å². The van der Waals surface area contributed by atoms with Gasteiger partial charge in [-0.2, -0.15) is 0 Å². The number of ether oxygens (including phenoxy) is 1. The van der Waals surface area contributed by atoms with Crippen LogP contribution in [-0.2, 0) is 14.3 Å². The molecule has 7 nitrogen and oxygen atoms in total. The number of thiocarbonyl (C=S) groups is 1. The molecule has 0 aliphatic carbocycles. The van der Waals surface area contributed by atoms with Crippen molar-refractivity contribution in [3.05, 3.63) is 108 Å². The molecule has 0 radical (unpaired) electrons. The molecule has 1 aliphatic heterocycles. The van der Waals surface area contributed by atoms with Crippen LogP contribution in [-0.4, -0.2) is 58.0 Å². The summed E-state index contributed by atoms with van der Waals surface area (Å²) in [5, 5.41) is 0.152. The monoisotopic (exact) mass is 549 g/mol. The first-order chi connectivity index (χ1) is 19.3. The lowest BCUT2D eigenvalue weighted by Gasteiger charge is -2.31. The molecule has 40 heavy (non-hydrogen) atoms. The van der Waals surface area contributed by atoms with E-state index in [1.807, 2.05) is 78.9 Å².